The molecule has 1 fully saturated rings. The van der Waals surface area contributed by atoms with Crippen LogP contribution in [0.25, 0.3) is 10.2 Å². The van der Waals surface area contributed by atoms with Gasteiger partial charge in [0.15, 0.2) is 5.13 Å². The van der Waals surface area contributed by atoms with Crippen LogP contribution in [0.1, 0.15) is 16.8 Å². The van der Waals surface area contributed by atoms with E-state index in [1.54, 1.807) is 6.07 Å². The molecule has 1 aliphatic heterocycles. The Hall–Kier alpha value is -1.70. The average Bonchev–Trinajstić information content (AvgIpc) is 2.91. The molecule has 118 valence electrons. The van der Waals surface area contributed by atoms with Crippen LogP contribution in [0.3, 0.4) is 0 Å². The summed E-state index contributed by atoms with van der Waals surface area (Å²) < 4.78 is 6.31. The molecule has 0 unspecified atom stereocenters. The number of rotatable bonds is 5. The Balaban J connectivity index is 1.48. The molecule has 1 aliphatic rings. The van der Waals surface area contributed by atoms with Crippen molar-refractivity contribution in [1.82, 2.24) is 15.2 Å². The van der Waals surface area contributed by atoms with Crippen molar-refractivity contribution in [1.29, 1.82) is 0 Å². The molecule has 3 N–H and O–H groups in total. The number of nitrogens with two attached hydrogens (primary N) is 1. The number of morpholine rings is 1. The smallest absolute Gasteiger partial charge is 0.251 e. The van der Waals surface area contributed by atoms with Crippen LogP contribution in [0.2, 0.25) is 0 Å². The van der Waals surface area contributed by atoms with Gasteiger partial charge in [0.25, 0.3) is 5.91 Å². The second-order valence-electron chi connectivity index (χ2n) is 5.30. The van der Waals surface area contributed by atoms with E-state index in [9.17, 15) is 4.79 Å². The van der Waals surface area contributed by atoms with Crippen molar-refractivity contribution in [3.05, 3.63) is 23.8 Å². The van der Waals surface area contributed by atoms with Gasteiger partial charge in [0.05, 0.1) is 23.4 Å². The number of thiazole rings is 1. The normalized spacial score (nSPS) is 16.0. The SMILES string of the molecule is Nc1nc2cc(C(=O)NCCCN3CCOCC3)ccc2s1. The minimum absolute atomic E-state index is 0.0598. The monoisotopic (exact) mass is 320 g/mol. The van der Waals surface area contributed by atoms with Crippen molar-refractivity contribution in [2.24, 2.45) is 0 Å². The lowest BCUT2D eigenvalue weighted by atomic mass is 10.2. The molecule has 2 aromatic rings. The first-order valence-corrected chi connectivity index (χ1v) is 8.28. The second kappa shape index (κ2) is 7.04. The third-order valence-corrected chi connectivity index (χ3v) is 4.57. The molecule has 1 saturated heterocycles. The highest BCUT2D eigenvalue weighted by atomic mass is 32.1. The van der Waals surface area contributed by atoms with E-state index in [1.165, 1.54) is 11.3 Å². The van der Waals surface area contributed by atoms with Gasteiger partial charge in [-0.15, -0.1) is 0 Å². The lowest BCUT2D eigenvalue weighted by Gasteiger charge is -2.26. The second-order valence-corrected chi connectivity index (χ2v) is 6.36. The zero-order valence-corrected chi connectivity index (χ0v) is 13.2. The summed E-state index contributed by atoms with van der Waals surface area (Å²) in [6.45, 7) is 5.25. The fourth-order valence-electron chi connectivity index (χ4n) is 2.52. The summed E-state index contributed by atoms with van der Waals surface area (Å²) in [6.07, 6.45) is 0.942. The molecule has 1 aromatic carbocycles. The highest BCUT2D eigenvalue weighted by Crippen LogP contribution is 2.24. The van der Waals surface area contributed by atoms with Crippen LogP contribution >= 0.6 is 11.3 Å². The number of fused-ring (bicyclic) bond motifs is 1. The van der Waals surface area contributed by atoms with Gasteiger partial charge in [-0.2, -0.15) is 0 Å². The highest BCUT2D eigenvalue weighted by molar-refractivity contribution is 7.22. The maximum Gasteiger partial charge on any atom is 0.251 e. The lowest BCUT2D eigenvalue weighted by molar-refractivity contribution is 0.0374. The van der Waals surface area contributed by atoms with E-state index >= 15 is 0 Å². The van der Waals surface area contributed by atoms with Crippen molar-refractivity contribution in [2.45, 2.75) is 6.42 Å². The van der Waals surface area contributed by atoms with Crippen LogP contribution in [0, 0.1) is 0 Å². The molecule has 0 radical (unpaired) electrons. The van der Waals surface area contributed by atoms with E-state index in [-0.39, 0.29) is 5.91 Å². The summed E-state index contributed by atoms with van der Waals surface area (Å²) in [5.41, 5.74) is 7.09. The maximum atomic E-state index is 12.1. The fraction of sp³-hybridized carbons (Fsp3) is 0.467. The molecule has 22 heavy (non-hydrogen) atoms. The predicted molar refractivity (Wildman–Crippen MR) is 88.2 cm³/mol. The molecule has 0 spiro atoms. The Kier molecular flexibility index (Phi) is 4.87. The van der Waals surface area contributed by atoms with Crippen molar-refractivity contribution in [3.8, 4) is 0 Å². The molecule has 2 heterocycles. The van der Waals surface area contributed by atoms with Gasteiger partial charge in [-0.05, 0) is 31.2 Å². The van der Waals surface area contributed by atoms with Gasteiger partial charge < -0.3 is 15.8 Å². The number of amides is 1. The molecule has 1 amide bonds. The van der Waals surface area contributed by atoms with Gasteiger partial charge in [-0.1, -0.05) is 11.3 Å². The predicted octanol–water partition coefficient (Wildman–Crippen LogP) is 1.33. The van der Waals surface area contributed by atoms with Crippen molar-refractivity contribution < 1.29 is 9.53 Å². The average molecular weight is 320 g/mol. The van der Waals surface area contributed by atoms with Crippen LogP contribution < -0.4 is 11.1 Å². The number of nitrogen functional groups attached to an aromatic ring is 1. The zero-order valence-electron chi connectivity index (χ0n) is 12.4. The van der Waals surface area contributed by atoms with Gasteiger partial charge in [-0.25, -0.2) is 4.98 Å². The largest absolute Gasteiger partial charge is 0.379 e. The van der Waals surface area contributed by atoms with Gasteiger partial charge in [-0.3, -0.25) is 9.69 Å². The Morgan fingerprint density at radius 2 is 2.23 bits per heavy atom. The minimum atomic E-state index is -0.0598. The fourth-order valence-corrected chi connectivity index (χ4v) is 3.23. The van der Waals surface area contributed by atoms with E-state index < -0.39 is 0 Å². The number of hydrogen-bond acceptors (Lipinski definition) is 6. The van der Waals surface area contributed by atoms with E-state index in [2.05, 4.69) is 15.2 Å². The Morgan fingerprint density at radius 1 is 1.41 bits per heavy atom. The number of carbonyl (C=O) groups is 1. The van der Waals surface area contributed by atoms with Crippen LogP contribution in [0.4, 0.5) is 5.13 Å². The first kappa shape index (κ1) is 15.2. The van der Waals surface area contributed by atoms with Gasteiger partial charge in [0.2, 0.25) is 0 Å². The molecule has 6 nitrogen and oxygen atoms in total. The van der Waals surface area contributed by atoms with Crippen LogP contribution in [-0.4, -0.2) is 55.2 Å². The molecule has 7 heteroatoms. The van der Waals surface area contributed by atoms with Gasteiger partial charge in [0, 0.05) is 25.2 Å². The van der Waals surface area contributed by atoms with Gasteiger partial charge >= 0.3 is 0 Å². The number of carbonyl (C=O) groups excluding carboxylic acids is 1. The molecule has 0 bridgehead atoms. The Bertz CT molecular complexity index is 652. The zero-order chi connectivity index (χ0) is 15.4. The van der Waals surface area contributed by atoms with E-state index in [0.29, 0.717) is 17.2 Å². The summed E-state index contributed by atoms with van der Waals surface area (Å²) in [6, 6.07) is 5.50. The third-order valence-electron chi connectivity index (χ3n) is 3.71. The van der Waals surface area contributed by atoms with Gasteiger partial charge in [0.1, 0.15) is 0 Å². The number of hydrogen-bond donors (Lipinski definition) is 2. The third kappa shape index (κ3) is 3.73. The van der Waals surface area contributed by atoms with E-state index in [4.69, 9.17) is 10.5 Å². The minimum Gasteiger partial charge on any atom is -0.379 e. The quantitative estimate of drug-likeness (QED) is 0.813. The number of ether oxygens (including phenoxy) is 1. The number of anilines is 1. The molecular weight excluding hydrogens is 300 g/mol. The Morgan fingerprint density at radius 3 is 3.05 bits per heavy atom. The van der Waals surface area contributed by atoms with Crippen molar-refractivity contribution in [2.75, 3.05) is 45.1 Å². The standard InChI is InChI=1S/C15H20N4O2S/c16-15-18-12-10-11(2-3-13(12)22-15)14(20)17-4-1-5-19-6-8-21-9-7-19/h2-3,10H,1,4-9H2,(H2,16,18)(H,17,20). The first-order chi connectivity index (χ1) is 10.7. The van der Waals surface area contributed by atoms with E-state index in [0.717, 1.165) is 49.5 Å². The van der Waals surface area contributed by atoms with Crippen LogP contribution in [0.5, 0.6) is 0 Å². The lowest BCUT2D eigenvalue weighted by Crippen LogP contribution is -2.38. The number of nitrogens with zero attached hydrogens (tertiary/aromatic N) is 2. The molecule has 0 saturated carbocycles. The summed E-state index contributed by atoms with van der Waals surface area (Å²) in [7, 11) is 0. The summed E-state index contributed by atoms with van der Waals surface area (Å²) in [4.78, 5) is 18.7. The molecule has 3 rings (SSSR count). The first-order valence-electron chi connectivity index (χ1n) is 7.47. The summed E-state index contributed by atoms with van der Waals surface area (Å²) in [5.74, 6) is -0.0598. The molecule has 0 atom stereocenters. The molecule has 1 aromatic heterocycles. The van der Waals surface area contributed by atoms with Crippen LogP contribution in [0.15, 0.2) is 18.2 Å². The summed E-state index contributed by atoms with van der Waals surface area (Å²) >= 11 is 1.43. The summed E-state index contributed by atoms with van der Waals surface area (Å²) in [5, 5.41) is 3.48. The highest BCUT2D eigenvalue weighted by Gasteiger charge is 2.11. The van der Waals surface area contributed by atoms with Crippen molar-refractivity contribution >= 4 is 32.6 Å². The Labute approximate surface area is 133 Å². The van der Waals surface area contributed by atoms with Crippen LogP contribution in [-0.2, 0) is 4.74 Å². The number of aromatic nitrogens is 1. The number of benzene rings is 1. The van der Waals surface area contributed by atoms with E-state index in [1.807, 2.05) is 12.1 Å². The maximum absolute atomic E-state index is 12.1. The molecular formula is C15H20N4O2S. The molecule has 0 aliphatic carbocycles. The topological polar surface area (TPSA) is 80.5 Å². The number of nitrogens with one attached hydrogen (secondary N) is 1. The van der Waals surface area contributed by atoms with Crippen molar-refractivity contribution in [3.63, 3.8) is 0 Å².